The molecule has 27 heavy (non-hydrogen) atoms. The summed E-state index contributed by atoms with van der Waals surface area (Å²) in [5.41, 5.74) is 11.9. The maximum atomic E-state index is 12.4. The third-order valence-corrected chi connectivity index (χ3v) is 4.89. The van der Waals surface area contributed by atoms with Gasteiger partial charge in [0.25, 0.3) is 0 Å². The Labute approximate surface area is 164 Å². The van der Waals surface area contributed by atoms with Crippen LogP contribution in [0, 0.1) is 13.8 Å². The van der Waals surface area contributed by atoms with Crippen LogP contribution in [-0.4, -0.2) is 16.9 Å². The fourth-order valence-electron chi connectivity index (χ4n) is 3.08. The van der Waals surface area contributed by atoms with Gasteiger partial charge in [0.05, 0.1) is 6.04 Å². The summed E-state index contributed by atoms with van der Waals surface area (Å²) in [6.45, 7) is 4.05. The van der Waals surface area contributed by atoms with Crippen LogP contribution in [0.25, 0.3) is 11.1 Å². The van der Waals surface area contributed by atoms with Crippen LogP contribution in [0.5, 0.6) is 0 Å². The van der Waals surface area contributed by atoms with E-state index in [1.807, 2.05) is 61.7 Å². The van der Waals surface area contributed by atoms with Crippen molar-refractivity contribution < 1.29 is 4.79 Å². The van der Waals surface area contributed by atoms with Gasteiger partial charge in [0, 0.05) is 28.2 Å². The maximum Gasteiger partial charge on any atom is 0.241 e. The van der Waals surface area contributed by atoms with Crippen LogP contribution in [0.1, 0.15) is 16.8 Å². The summed E-state index contributed by atoms with van der Waals surface area (Å²) < 4.78 is 0. The van der Waals surface area contributed by atoms with Crippen LogP contribution in [-0.2, 0) is 11.2 Å². The second kappa shape index (κ2) is 8.33. The molecule has 0 radical (unpaired) electrons. The average molecular weight is 380 g/mol. The minimum Gasteiger partial charge on any atom is -0.325 e. The molecule has 1 aromatic heterocycles. The number of aryl methyl sites for hydroxylation is 2. The van der Waals surface area contributed by atoms with Gasteiger partial charge in [-0.15, -0.1) is 0 Å². The highest BCUT2D eigenvalue weighted by Crippen LogP contribution is 2.27. The smallest absolute Gasteiger partial charge is 0.241 e. The van der Waals surface area contributed by atoms with Crippen LogP contribution in [0.4, 0.5) is 5.69 Å². The van der Waals surface area contributed by atoms with Gasteiger partial charge in [-0.1, -0.05) is 41.9 Å². The third-order valence-electron chi connectivity index (χ3n) is 4.52. The van der Waals surface area contributed by atoms with Crippen LogP contribution < -0.4 is 11.1 Å². The average Bonchev–Trinajstić information content (AvgIpc) is 2.64. The maximum absolute atomic E-state index is 12.4. The lowest BCUT2D eigenvalue weighted by Gasteiger charge is -2.14. The number of nitrogens with one attached hydrogen (secondary N) is 1. The molecule has 0 saturated heterocycles. The largest absolute Gasteiger partial charge is 0.325 e. The summed E-state index contributed by atoms with van der Waals surface area (Å²) in [6, 6.07) is 16.4. The first kappa shape index (κ1) is 19.1. The SMILES string of the molecule is Cc1ccnc(C)c1-c1ccc(NC(=O)C(N)Cc2ccccc2Cl)cc1. The van der Waals surface area contributed by atoms with Crippen molar-refractivity contribution in [2.45, 2.75) is 26.3 Å². The van der Waals surface area contributed by atoms with Gasteiger partial charge in [-0.05, 0) is 61.2 Å². The van der Waals surface area contributed by atoms with Crippen molar-refractivity contribution in [3.8, 4) is 11.1 Å². The van der Waals surface area contributed by atoms with Gasteiger partial charge in [-0.25, -0.2) is 0 Å². The molecule has 0 aliphatic rings. The standard InChI is InChI=1S/C22H22ClN3O/c1-14-11-12-25-15(2)21(14)16-7-9-18(10-8-16)26-22(27)20(24)13-17-5-3-4-6-19(17)23/h3-12,20H,13,24H2,1-2H3,(H,26,27). The molecule has 0 saturated carbocycles. The third kappa shape index (κ3) is 4.54. The number of hydrogen-bond donors (Lipinski definition) is 2. The van der Waals surface area contributed by atoms with E-state index in [4.69, 9.17) is 17.3 Å². The monoisotopic (exact) mass is 379 g/mol. The highest BCUT2D eigenvalue weighted by Gasteiger charge is 2.16. The normalized spacial score (nSPS) is 11.9. The molecule has 3 aromatic rings. The lowest BCUT2D eigenvalue weighted by atomic mass is 9.99. The van der Waals surface area contributed by atoms with Gasteiger partial charge in [0.15, 0.2) is 0 Å². The Morgan fingerprint density at radius 1 is 1.11 bits per heavy atom. The van der Waals surface area contributed by atoms with Crippen LogP contribution in [0.2, 0.25) is 5.02 Å². The van der Waals surface area contributed by atoms with Crippen LogP contribution in [0.3, 0.4) is 0 Å². The Balaban J connectivity index is 1.69. The highest BCUT2D eigenvalue weighted by molar-refractivity contribution is 6.31. The van der Waals surface area contributed by atoms with Gasteiger partial charge < -0.3 is 11.1 Å². The Hall–Kier alpha value is -2.69. The first-order chi connectivity index (χ1) is 13.0. The first-order valence-corrected chi connectivity index (χ1v) is 9.16. The van der Waals surface area contributed by atoms with Crippen molar-refractivity contribution in [2.75, 3.05) is 5.32 Å². The molecule has 0 fully saturated rings. The van der Waals surface area contributed by atoms with E-state index >= 15 is 0 Å². The number of halogens is 1. The molecule has 2 aromatic carbocycles. The zero-order valence-electron chi connectivity index (χ0n) is 15.4. The Bertz CT molecular complexity index is 934. The van der Waals surface area contributed by atoms with Crippen LogP contribution >= 0.6 is 11.6 Å². The lowest BCUT2D eigenvalue weighted by molar-refractivity contribution is -0.117. The number of rotatable bonds is 5. The van der Waals surface area contributed by atoms with Crippen molar-refractivity contribution in [1.29, 1.82) is 0 Å². The van der Waals surface area contributed by atoms with E-state index in [2.05, 4.69) is 17.2 Å². The summed E-state index contributed by atoms with van der Waals surface area (Å²) in [6.07, 6.45) is 2.20. The summed E-state index contributed by atoms with van der Waals surface area (Å²) in [7, 11) is 0. The van der Waals surface area contributed by atoms with E-state index in [-0.39, 0.29) is 5.91 Å². The molecule has 1 unspecified atom stereocenters. The number of amides is 1. The lowest BCUT2D eigenvalue weighted by Crippen LogP contribution is -2.37. The molecule has 5 heteroatoms. The second-order valence-electron chi connectivity index (χ2n) is 6.56. The van der Waals surface area contributed by atoms with Gasteiger partial charge in [0.1, 0.15) is 0 Å². The van der Waals surface area contributed by atoms with Gasteiger partial charge in [-0.2, -0.15) is 0 Å². The van der Waals surface area contributed by atoms with E-state index in [0.717, 1.165) is 22.4 Å². The quantitative estimate of drug-likeness (QED) is 0.684. The summed E-state index contributed by atoms with van der Waals surface area (Å²) >= 11 is 6.14. The molecule has 1 heterocycles. The fourth-order valence-corrected chi connectivity index (χ4v) is 3.29. The Morgan fingerprint density at radius 2 is 1.81 bits per heavy atom. The molecular weight excluding hydrogens is 358 g/mol. The number of carbonyl (C=O) groups excluding carboxylic acids is 1. The minimum absolute atomic E-state index is 0.239. The summed E-state index contributed by atoms with van der Waals surface area (Å²) in [5.74, 6) is -0.239. The second-order valence-corrected chi connectivity index (χ2v) is 6.96. The number of carbonyl (C=O) groups is 1. The van der Waals surface area contributed by atoms with Crippen molar-refractivity contribution >= 4 is 23.2 Å². The Morgan fingerprint density at radius 3 is 2.48 bits per heavy atom. The highest BCUT2D eigenvalue weighted by atomic mass is 35.5. The molecule has 0 aliphatic carbocycles. The van der Waals surface area contributed by atoms with Crippen molar-refractivity contribution in [1.82, 2.24) is 4.98 Å². The fraction of sp³-hybridized carbons (Fsp3) is 0.182. The summed E-state index contributed by atoms with van der Waals surface area (Å²) in [4.78, 5) is 16.8. The molecule has 0 aliphatic heterocycles. The minimum atomic E-state index is -0.674. The predicted octanol–water partition coefficient (Wildman–Crippen LogP) is 4.53. The molecule has 4 nitrogen and oxygen atoms in total. The number of nitrogens with two attached hydrogens (primary N) is 1. The number of benzene rings is 2. The summed E-state index contributed by atoms with van der Waals surface area (Å²) in [5, 5.41) is 3.48. The van der Waals surface area contributed by atoms with E-state index < -0.39 is 6.04 Å². The molecule has 138 valence electrons. The number of pyridine rings is 1. The predicted molar refractivity (Wildman–Crippen MR) is 111 cm³/mol. The van der Waals surface area contributed by atoms with Crippen molar-refractivity contribution in [2.24, 2.45) is 5.73 Å². The number of hydrogen-bond acceptors (Lipinski definition) is 3. The first-order valence-electron chi connectivity index (χ1n) is 8.78. The van der Waals surface area contributed by atoms with Crippen molar-refractivity contribution in [3.05, 3.63) is 82.6 Å². The molecule has 1 amide bonds. The van der Waals surface area contributed by atoms with Gasteiger partial charge in [0.2, 0.25) is 5.91 Å². The zero-order valence-corrected chi connectivity index (χ0v) is 16.1. The van der Waals surface area contributed by atoms with Gasteiger partial charge in [-0.3, -0.25) is 9.78 Å². The topological polar surface area (TPSA) is 68.0 Å². The molecule has 1 atom stereocenters. The Kier molecular flexibility index (Phi) is 5.89. The number of nitrogens with zero attached hydrogens (tertiary/aromatic N) is 1. The molecule has 3 N–H and O–H groups in total. The molecular formula is C22H22ClN3O. The van der Waals surface area contributed by atoms with Crippen molar-refractivity contribution in [3.63, 3.8) is 0 Å². The van der Waals surface area contributed by atoms with E-state index in [1.54, 1.807) is 6.07 Å². The van der Waals surface area contributed by atoms with E-state index in [9.17, 15) is 4.79 Å². The number of aromatic nitrogens is 1. The van der Waals surface area contributed by atoms with E-state index in [1.165, 1.54) is 5.56 Å². The number of anilines is 1. The molecule has 3 rings (SSSR count). The molecule has 0 bridgehead atoms. The van der Waals surface area contributed by atoms with E-state index in [0.29, 0.717) is 17.1 Å². The zero-order chi connectivity index (χ0) is 19.4. The van der Waals surface area contributed by atoms with Gasteiger partial charge >= 0.3 is 0 Å². The molecule has 0 spiro atoms. The van der Waals surface area contributed by atoms with Crippen LogP contribution in [0.15, 0.2) is 60.8 Å².